The van der Waals surface area contributed by atoms with Crippen molar-refractivity contribution in [1.29, 1.82) is 0 Å². The number of allylic oxidation sites excluding steroid dienone is 5. The lowest BCUT2D eigenvalue weighted by atomic mass is 9.71. The molecule has 180 valence electrons. The lowest BCUT2D eigenvalue weighted by Gasteiger charge is -2.32. The largest absolute Gasteiger partial charge is 0.463 e. The van der Waals surface area contributed by atoms with Crippen LogP contribution in [0.1, 0.15) is 52.9 Å². The first kappa shape index (κ1) is 23.9. The Morgan fingerprint density at radius 3 is 1.88 bits per heavy atom. The molecule has 7 heteroatoms. The summed E-state index contributed by atoms with van der Waals surface area (Å²) in [7, 11) is 0. The number of anilines is 1. The summed E-state index contributed by atoms with van der Waals surface area (Å²) in [6.45, 7) is 12.6. The summed E-state index contributed by atoms with van der Waals surface area (Å²) in [5.74, 6) is 0.653. The fourth-order valence-electron chi connectivity index (χ4n) is 4.05. The maximum atomic E-state index is 13.4. The molecule has 1 aromatic heterocycles. The minimum Gasteiger partial charge on any atom is -0.463 e. The number of benzene rings is 1. The van der Waals surface area contributed by atoms with Gasteiger partial charge in [-0.3, -0.25) is 14.8 Å². The zero-order valence-electron chi connectivity index (χ0n) is 20.2. The average molecular weight is 471 g/mol. The maximum absolute atomic E-state index is 13.4. The second-order valence-electron chi connectivity index (χ2n) is 10.7. The molecule has 2 aliphatic rings. The van der Waals surface area contributed by atoms with E-state index in [-0.39, 0.29) is 16.6 Å². The molecule has 2 heterocycles. The quantitative estimate of drug-likeness (QED) is 0.443. The standard InChI is InChI=1S/C27H29F3N2O2/c1-25(2,3)20-14-17(15-21(24(20)33)26(4,5)6)23(22-8-7-13-34-22)32-16-31(32)19-11-9-18(10-12-19)27(28,29)30/h7-15H,16H2,1-6H3. The van der Waals surface area contributed by atoms with Gasteiger partial charge in [-0.05, 0) is 59.4 Å². The van der Waals surface area contributed by atoms with Crippen LogP contribution in [-0.2, 0) is 11.0 Å². The van der Waals surface area contributed by atoms with E-state index in [9.17, 15) is 18.0 Å². The molecule has 34 heavy (non-hydrogen) atoms. The lowest BCUT2D eigenvalue weighted by Crippen LogP contribution is -2.28. The Balaban J connectivity index is 1.82. The highest BCUT2D eigenvalue weighted by Crippen LogP contribution is 2.44. The molecule has 1 fully saturated rings. The number of carbonyl (C=O) groups excluding carboxylic acids is 1. The number of alkyl halides is 3. The van der Waals surface area contributed by atoms with Crippen LogP contribution >= 0.6 is 0 Å². The summed E-state index contributed by atoms with van der Waals surface area (Å²) in [6, 6.07) is 8.73. The van der Waals surface area contributed by atoms with Crippen LogP contribution in [0.25, 0.3) is 5.70 Å². The Hall–Kier alpha value is -3.22. The fourth-order valence-corrected chi connectivity index (χ4v) is 4.05. The molecule has 0 spiro atoms. The van der Waals surface area contributed by atoms with Crippen molar-refractivity contribution in [3.63, 3.8) is 0 Å². The van der Waals surface area contributed by atoms with E-state index < -0.39 is 11.7 Å². The van der Waals surface area contributed by atoms with E-state index in [1.165, 1.54) is 12.1 Å². The Morgan fingerprint density at radius 2 is 1.44 bits per heavy atom. The molecule has 0 atom stereocenters. The molecule has 0 N–H and O–H groups in total. The molecule has 4 nitrogen and oxygen atoms in total. The molecule has 1 aliphatic carbocycles. The second kappa shape index (κ2) is 7.93. The van der Waals surface area contributed by atoms with Crippen LogP contribution in [0.3, 0.4) is 0 Å². The molecule has 0 unspecified atom stereocenters. The van der Waals surface area contributed by atoms with Crippen LogP contribution < -0.4 is 5.01 Å². The van der Waals surface area contributed by atoms with Gasteiger partial charge in [0.1, 0.15) is 12.4 Å². The van der Waals surface area contributed by atoms with Crippen LogP contribution in [0, 0.1) is 10.8 Å². The van der Waals surface area contributed by atoms with Gasteiger partial charge in [0.2, 0.25) is 0 Å². The number of nitrogens with zero attached hydrogens (tertiary/aromatic N) is 2. The summed E-state index contributed by atoms with van der Waals surface area (Å²) in [6.07, 6.45) is 1.03. The van der Waals surface area contributed by atoms with E-state index in [0.717, 1.165) is 23.4 Å². The van der Waals surface area contributed by atoms with E-state index >= 15 is 0 Å². The smallest absolute Gasteiger partial charge is 0.416 e. The topological polar surface area (TPSA) is 36.2 Å². The predicted molar refractivity (Wildman–Crippen MR) is 126 cm³/mol. The van der Waals surface area contributed by atoms with Crippen molar-refractivity contribution >= 4 is 17.2 Å². The normalized spacial score (nSPS) is 17.1. The van der Waals surface area contributed by atoms with Crippen molar-refractivity contribution in [2.24, 2.45) is 10.8 Å². The highest BCUT2D eigenvalue weighted by atomic mass is 19.4. The number of carbonyl (C=O) groups is 1. The zero-order chi connectivity index (χ0) is 25.1. The molecule has 0 saturated carbocycles. The van der Waals surface area contributed by atoms with Crippen LogP contribution in [0.15, 0.2) is 75.9 Å². The zero-order valence-corrected chi connectivity index (χ0v) is 20.2. The van der Waals surface area contributed by atoms with Gasteiger partial charge in [-0.15, -0.1) is 0 Å². The van der Waals surface area contributed by atoms with Gasteiger partial charge in [0.05, 0.1) is 17.5 Å². The van der Waals surface area contributed by atoms with Crippen molar-refractivity contribution < 1.29 is 22.4 Å². The van der Waals surface area contributed by atoms with E-state index in [4.69, 9.17) is 4.42 Å². The third-order valence-electron chi connectivity index (χ3n) is 5.96. The van der Waals surface area contributed by atoms with Gasteiger partial charge in [-0.2, -0.15) is 13.2 Å². The Bertz CT molecular complexity index is 1150. The van der Waals surface area contributed by atoms with Crippen molar-refractivity contribution in [2.75, 3.05) is 11.7 Å². The Kier molecular flexibility index (Phi) is 5.58. The van der Waals surface area contributed by atoms with E-state index in [2.05, 4.69) is 0 Å². The summed E-state index contributed by atoms with van der Waals surface area (Å²) >= 11 is 0. The van der Waals surface area contributed by atoms with Crippen LogP contribution in [0.2, 0.25) is 0 Å². The number of hydrazine groups is 1. The van der Waals surface area contributed by atoms with Crippen LogP contribution in [0.4, 0.5) is 18.9 Å². The maximum Gasteiger partial charge on any atom is 0.416 e. The second-order valence-corrected chi connectivity index (χ2v) is 10.7. The summed E-state index contributed by atoms with van der Waals surface area (Å²) in [4.78, 5) is 13.4. The van der Waals surface area contributed by atoms with Crippen LogP contribution in [-0.4, -0.2) is 17.5 Å². The summed E-state index contributed by atoms with van der Waals surface area (Å²) in [5, 5.41) is 3.82. The number of hydrogen-bond acceptors (Lipinski definition) is 4. The molecular weight excluding hydrogens is 441 g/mol. The van der Waals surface area contributed by atoms with Gasteiger partial charge in [0.25, 0.3) is 0 Å². The molecule has 2 aromatic rings. The lowest BCUT2D eigenvalue weighted by molar-refractivity contribution is -0.137. The fraction of sp³-hybridized carbons (Fsp3) is 0.370. The number of hydrogen-bond donors (Lipinski definition) is 0. The SMILES string of the molecule is CC(C)(C)C1=CC(=C(c2ccco2)N2CN2c2ccc(C(F)(F)F)cc2)C=C(C(C)(C)C)C1=O. The molecule has 1 saturated heterocycles. The van der Waals surface area contributed by atoms with Gasteiger partial charge in [-0.1, -0.05) is 41.5 Å². The molecule has 0 radical (unpaired) electrons. The minimum absolute atomic E-state index is 0.0351. The van der Waals surface area contributed by atoms with Crippen molar-refractivity contribution in [2.45, 2.75) is 47.7 Å². The van der Waals surface area contributed by atoms with E-state index in [0.29, 0.717) is 29.3 Å². The van der Waals surface area contributed by atoms with Gasteiger partial charge < -0.3 is 4.42 Å². The minimum atomic E-state index is -4.38. The molecule has 1 aliphatic heterocycles. The van der Waals surface area contributed by atoms with E-state index in [1.807, 2.05) is 69.8 Å². The molecule has 0 amide bonds. The molecular formula is C27H29F3N2O2. The Labute approximate surface area is 198 Å². The summed E-state index contributed by atoms with van der Waals surface area (Å²) < 4.78 is 44.7. The van der Waals surface area contributed by atoms with Gasteiger partial charge in [0.15, 0.2) is 11.5 Å². The highest BCUT2D eigenvalue weighted by Gasteiger charge is 2.40. The third-order valence-corrected chi connectivity index (χ3v) is 5.96. The predicted octanol–water partition coefficient (Wildman–Crippen LogP) is 7.23. The number of rotatable bonds is 3. The highest BCUT2D eigenvalue weighted by molar-refractivity contribution is 6.12. The average Bonchev–Trinajstić information content (AvgIpc) is 3.30. The van der Waals surface area contributed by atoms with Crippen molar-refractivity contribution in [3.05, 3.63) is 82.9 Å². The summed E-state index contributed by atoms with van der Waals surface area (Å²) in [5.41, 5.74) is 2.24. The number of furan rings is 1. The number of halogens is 3. The first-order chi connectivity index (χ1) is 15.7. The van der Waals surface area contributed by atoms with Gasteiger partial charge >= 0.3 is 6.18 Å². The molecule has 0 bridgehead atoms. The monoisotopic (exact) mass is 470 g/mol. The van der Waals surface area contributed by atoms with Crippen LogP contribution in [0.5, 0.6) is 0 Å². The molecule has 4 rings (SSSR count). The first-order valence-electron chi connectivity index (χ1n) is 11.2. The van der Waals surface area contributed by atoms with Gasteiger partial charge in [-0.25, -0.2) is 0 Å². The Morgan fingerprint density at radius 1 is 0.882 bits per heavy atom. The number of Topliss-reactive ketones (excluding diaryl/α,β-unsaturated/α-hetero) is 1. The molecule has 1 aromatic carbocycles. The van der Waals surface area contributed by atoms with Gasteiger partial charge in [0, 0.05) is 16.7 Å². The van der Waals surface area contributed by atoms with Crippen molar-refractivity contribution in [1.82, 2.24) is 5.01 Å². The number of ketones is 1. The first-order valence-corrected chi connectivity index (χ1v) is 11.2. The van der Waals surface area contributed by atoms with E-state index in [1.54, 1.807) is 12.3 Å². The third kappa shape index (κ3) is 4.56. The van der Waals surface area contributed by atoms with Crippen molar-refractivity contribution in [3.8, 4) is 0 Å².